The number of amides is 1. The molecular formula is C25H25N7O. The van der Waals surface area contributed by atoms with Gasteiger partial charge in [-0.15, -0.1) is 5.10 Å². The maximum atomic E-state index is 13.0. The number of rotatable bonds is 5. The molecule has 0 saturated carbocycles. The lowest BCUT2D eigenvalue weighted by atomic mass is 10.1. The van der Waals surface area contributed by atoms with Crippen molar-refractivity contribution in [1.29, 1.82) is 0 Å². The van der Waals surface area contributed by atoms with Gasteiger partial charge in [-0.25, -0.2) is 14.5 Å². The van der Waals surface area contributed by atoms with E-state index < -0.39 is 0 Å². The molecule has 166 valence electrons. The van der Waals surface area contributed by atoms with Gasteiger partial charge in [-0.2, -0.15) is 4.98 Å². The molecule has 0 N–H and O–H groups in total. The lowest BCUT2D eigenvalue weighted by Gasteiger charge is -2.25. The van der Waals surface area contributed by atoms with E-state index in [9.17, 15) is 4.79 Å². The number of carbonyl (C=O) groups excluding carboxylic acids is 1. The van der Waals surface area contributed by atoms with Crippen LogP contribution in [-0.4, -0.2) is 47.0 Å². The molecule has 0 fully saturated rings. The molecule has 1 amide bonds. The van der Waals surface area contributed by atoms with E-state index in [1.165, 1.54) is 0 Å². The Hall–Kier alpha value is -4.07. The summed E-state index contributed by atoms with van der Waals surface area (Å²) in [4.78, 5) is 28.0. The van der Waals surface area contributed by atoms with Crippen molar-refractivity contribution in [2.24, 2.45) is 0 Å². The Morgan fingerprint density at radius 2 is 1.82 bits per heavy atom. The second-order valence-corrected chi connectivity index (χ2v) is 8.33. The van der Waals surface area contributed by atoms with E-state index in [4.69, 9.17) is 0 Å². The number of para-hydroxylation sites is 2. The van der Waals surface area contributed by atoms with Crippen LogP contribution in [0.1, 0.15) is 35.7 Å². The Balaban J connectivity index is 1.32. The van der Waals surface area contributed by atoms with Crippen molar-refractivity contribution >= 4 is 22.7 Å². The normalized spacial score (nSPS) is 12.4. The molecule has 2 aromatic carbocycles. The number of aromatic nitrogens is 6. The lowest BCUT2D eigenvalue weighted by molar-refractivity contribution is -0.131. The molecule has 0 bridgehead atoms. The average Bonchev–Trinajstić information content (AvgIpc) is 3.42. The molecule has 8 heteroatoms. The van der Waals surface area contributed by atoms with Crippen LogP contribution in [0.3, 0.4) is 0 Å². The predicted octanol–water partition coefficient (Wildman–Crippen LogP) is 3.84. The van der Waals surface area contributed by atoms with Crippen LogP contribution in [0.5, 0.6) is 0 Å². The first-order valence-electron chi connectivity index (χ1n) is 10.9. The van der Waals surface area contributed by atoms with Crippen LogP contribution in [0.15, 0.2) is 60.9 Å². The van der Waals surface area contributed by atoms with Gasteiger partial charge in [-0.05, 0) is 56.7 Å². The first-order valence-corrected chi connectivity index (χ1v) is 10.9. The fraction of sp³-hybridized carbons (Fsp3) is 0.240. The van der Waals surface area contributed by atoms with Crippen LogP contribution >= 0.6 is 0 Å². The summed E-state index contributed by atoms with van der Waals surface area (Å²) in [6, 6.07) is 18.1. The van der Waals surface area contributed by atoms with Gasteiger partial charge in [0.2, 0.25) is 5.91 Å². The standard InChI is InChI=1S/C25H25N7O/c1-16-13-17(2)32-25(27-16)28-23(29-32)14-24(33)30(4)18(3)19-9-11-20(12-10-19)31-15-26-21-7-5-6-8-22(21)31/h5-13,15,18H,14H2,1-4H3. The summed E-state index contributed by atoms with van der Waals surface area (Å²) >= 11 is 0. The molecule has 1 atom stereocenters. The van der Waals surface area contributed by atoms with E-state index in [1.807, 2.05) is 58.4 Å². The number of fused-ring (bicyclic) bond motifs is 2. The summed E-state index contributed by atoms with van der Waals surface area (Å²) in [5.74, 6) is 0.952. The third-order valence-electron chi connectivity index (χ3n) is 6.05. The van der Waals surface area contributed by atoms with Crippen LogP contribution in [0.2, 0.25) is 0 Å². The SMILES string of the molecule is Cc1cc(C)n2nc(CC(=O)N(C)C(C)c3ccc(-n4cnc5ccccc54)cc3)nc2n1. The predicted molar refractivity (Wildman–Crippen MR) is 126 cm³/mol. The molecule has 3 heterocycles. The van der Waals surface area contributed by atoms with Crippen LogP contribution in [0.4, 0.5) is 0 Å². The Labute approximate surface area is 191 Å². The molecular weight excluding hydrogens is 414 g/mol. The molecule has 0 saturated heterocycles. The number of imidazole rings is 1. The second-order valence-electron chi connectivity index (χ2n) is 8.33. The number of likely N-dealkylation sites (N-methyl/N-ethyl adjacent to an activating group) is 1. The van der Waals surface area contributed by atoms with E-state index in [-0.39, 0.29) is 18.4 Å². The largest absolute Gasteiger partial charge is 0.339 e. The Morgan fingerprint density at radius 1 is 1.06 bits per heavy atom. The number of nitrogens with zero attached hydrogens (tertiary/aromatic N) is 7. The Kier molecular flexibility index (Phi) is 5.12. The van der Waals surface area contributed by atoms with Crippen LogP contribution in [0.25, 0.3) is 22.5 Å². The molecule has 0 aliphatic rings. The minimum absolute atomic E-state index is 0.0440. The van der Waals surface area contributed by atoms with Gasteiger partial charge in [0, 0.05) is 24.1 Å². The molecule has 0 radical (unpaired) electrons. The minimum atomic E-state index is -0.0924. The van der Waals surface area contributed by atoms with Crippen molar-refractivity contribution in [3.63, 3.8) is 0 Å². The third-order valence-corrected chi connectivity index (χ3v) is 6.05. The zero-order valence-electron chi connectivity index (χ0n) is 19.1. The van der Waals surface area contributed by atoms with Gasteiger partial charge in [0.15, 0.2) is 5.82 Å². The molecule has 3 aromatic heterocycles. The Morgan fingerprint density at radius 3 is 2.61 bits per heavy atom. The third kappa shape index (κ3) is 3.84. The second kappa shape index (κ2) is 8.12. The van der Waals surface area contributed by atoms with E-state index in [2.05, 4.69) is 54.9 Å². The minimum Gasteiger partial charge on any atom is -0.339 e. The summed E-state index contributed by atoms with van der Waals surface area (Å²) in [5, 5.41) is 4.46. The first-order chi connectivity index (χ1) is 15.9. The highest BCUT2D eigenvalue weighted by Crippen LogP contribution is 2.23. The monoisotopic (exact) mass is 439 g/mol. The zero-order valence-corrected chi connectivity index (χ0v) is 19.1. The molecule has 1 unspecified atom stereocenters. The van der Waals surface area contributed by atoms with Gasteiger partial charge in [-0.3, -0.25) is 9.36 Å². The van der Waals surface area contributed by atoms with Gasteiger partial charge in [0.25, 0.3) is 5.78 Å². The summed E-state index contributed by atoms with van der Waals surface area (Å²) in [7, 11) is 1.81. The van der Waals surface area contributed by atoms with Crippen LogP contribution in [-0.2, 0) is 11.2 Å². The molecule has 5 rings (SSSR count). The number of aryl methyl sites for hydroxylation is 2. The molecule has 0 spiro atoms. The number of hydrogen-bond donors (Lipinski definition) is 0. The lowest BCUT2D eigenvalue weighted by Crippen LogP contribution is -2.31. The summed E-state index contributed by atoms with van der Waals surface area (Å²) in [5.41, 5.74) is 5.92. The summed E-state index contributed by atoms with van der Waals surface area (Å²) < 4.78 is 3.74. The number of hydrogen-bond acceptors (Lipinski definition) is 5. The van der Waals surface area contributed by atoms with E-state index in [0.29, 0.717) is 11.6 Å². The number of carbonyl (C=O) groups is 1. The fourth-order valence-corrected chi connectivity index (χ4v) is 4.06. The molecule has 8 nitrogen and oxygen atoms in total. The summed E-state index contributed by atoms with van der Waals surface area (Å²) in [6.45, 7) is 5.89. The van der Waals surface area contributed by atoms with Crippen LogP contribution < -0.4 is 0 Å². The summed E-state index contributed by atoms with van der Waals surface area (Å²) in [6.07, 6.45) is 1.96. The van der Waals surface area contributed by atoms with Gasteiger partial charge >= 0.3 is 0 Å². The molecule has 5 aromatic rings. The number of benzene rings is 2. The molecule has 0 aliphatic heterocycles. The highest BCUT2D eigenvalue weighted by molar-refractivity contribution is 5.78. The van der Waals surface area contributed by atoms with Crippen molar-refractivity contribution in [2.45, 2.75) is 33.2 Å². The van der Waals surface area contributed by atoms with Crippen molar-refractivity contribution < 1.29 is 4.79 Å². The van der Waals surface area contributed by atoms with E-state index in [0.717, 1.165) is 33.7 Å². The van der Waals surface area contributed by atoms with Gasteiger partial charge in [0.1, 0.15) is 6.33 Å². The fourth-order valence-electron chi connectivity index (χ4n) is 4.06. The van der Waals surface area contributed by atoms with Crippen LogP contribution in [0, 0.1) is 13.8 Å². The zero-order chi connectivity index (χ0) is 23.1. The average molecular weight is 440 g/mol. The maximum Gasteiger partial charge on any atom is 0.252 e. The van der Waals surface area contributed by atoms with Crippen molar-refractivity contribution in [2.75, 3.05) is 7.05 Å². The first kappa shape index (κ1) is 20.8. The molecule has 0 aliphatic carbocycles. The smallest absolute Gasteiger partial charge is 0.252 e. The quantitative estimate of drug-likeness (QED) is 0.416. The highest BCUT2D eigenvalue weighted by atomic mass is 16.2. The van der Waals surface area contributed by atoms with Crippen molar-refractivity contribution in [1.82, 2.24) is 34.0 Å². The van der Waals surface area contributed by atoms with Crippen molar-refractivity contribution in [3.05, 3.63) is 83.7 Å². The van der Waals surface area contributed by atoms with Gasteiger partial charge < -0.3 is 4.90 Å². The van der Waals surface area contributed by atoms with Gasteiger partial charge in [0.05, 0.1) is 23.5 Å². The molecule has 33 heavy (non-hydrogen) atoms. The highest BCUT2D eigenvalue weighted by Gasteiger charge is 2.20. The maximum absolute atomic E-state index is 13.0. The van der Waals surface area contributed by atoms with Crippen molar-refractivity contribution in [3.8, 4) is 5.69 Å². The Bertz CT molecular complexity index is 1470. The van der Waals surface area contributed by atoms with E-state index in [1.54, 1.807) is 9.42 Å². The van der Waals surface area contributed by atoms with Gasteiger partial charge in [-0.1, -0.05) is 24.3 Å². The topological polar surface area (TPSA) is 81.2 Å². The van der Waals surface area contributed by atoms with E-state index >= 15 is 0 Å².